The molecule has 0 bridgehead atoms. The second kappa shape index (κ2) is 6.59. The molecule has 0 spiro atoms. The van der Waals surface area contributed by atoms with Gasteiger partial charge in [0.05, 0.1) is 29.3 Å². The molecule has 1 aromatic rings. The largest absolute Gasteiger partial charge is 0.377 e. The fraction of sp³-hybridized carbons (Fsp3) is 0.846. The molecule has 4 nitrogen and oxygen atoms in total. The van der Waals surface area contributed by atoms with Crippen molar-refractivity contribution in [3.63, 3.8) is 0 Å². The summed E-state index contributed by atoms with van der Waals surface area (Å²) < 4.78 is 9.85. The van der Waals surface area contributed by atoms with Crippen molar-refractivity contribution in [2.75, 3.05) is 13.2 Å². The summed E-state index contributed by atoms with van der Waals surface area (Å²) >= 11 is 1.47. The number of likely N-dealkylation sites (N-methyl/N-ethyl adjacent to an activating group) is 1. The van der Waals surface area contributed by atoms with Crippen molar-refractivity contribution in [2.24, 2.45) is 0 Å². The number of nitrogens with zero attached hydrogens (tertiary/aromatic N) is 2. The third kappa shape index (κ3) is 4.30. The van der Waals surface area contributed by atoms with Crippen LogP contribution in [0, 0.1) is 0 Å². The minimum atomic E-state index is 0.0217. The van der Waals surface area contributed by atoms with Crippen LogP contribution in [0.3, 0.4) is 0 Å². The Labute approximate surface area is 114 Å². The zero-order valence-electron chi connectivity index (χ0n) is 12.3. The normalized spacial score (nSPS) is 14.2. The van der Waals surface area contributed by atoms with Crippen LogP contribution in [0.2, 0.25) is 0 Å². The molecule has 0 aliphatic rings. The van der Waals surface area contributed by atoms with E-state index in [1.807, 2.05) is 0 Å². The van der Waals surface area contributed by atoms with Gasteiger partial charge in [-0.1, -0.05) is 32.2 Å². The van der Waals surface area contributed by atoms with Crippen molar-refractivity contribution in [2.45, 2.75) is 59.1 Å². The molecular formula is C13H25N3OS. The number of nitrogens with one attached hydrogen (secondary N) is 1. The molecule has 0 saturated carbocycles. The molecule has 1 atom stereocenters. The van der Waals surface area contributed by atoms with E-state index in [1.165, 1.54) is 16.4 Å². The Morgan fingerprint density at radius 1 is 1.33 bits per heavy atom. The quantitative estimate of drug-likeness (QED) is 0.864. The highest BCUT2D eigenvalue weighted by molar-refractivity contribution is 7.05. The molecule has 104 valence electrons. The summed E-state index contributed by atoms with van der Waals surface area (Å²) in [5.41, 5.74) is 1.10. The van der Waals surface area contributed by atoms with E-state index < -0.39 is 0 Å². The lowest BCUT2D eigenvalue weighted by Crippen LogP contribution is -2.28. The standard InChI is InChI=1S/C13H25N3OS/c1-7-14-10(8-17-9(2)3)11-12(13(4,5)6)15-16-18-11/h9-10,14H,7-8H2,1-6H3. The zero-order chi connectivity index (χ0) is 13.8. The van der Waals surface area contributed by atoms with Crippen molar-refractivity contribution in [3.05, 3.63) is 10.6 Å². The summed E-state index contributed by atoms with van der Waals surface area (Å²) in [7, 11) is 0. The molecule has 1 rings (SSSR count). The van der Waals surface area contributed by atoms with E-state index in [1.54, 1.807) is 0 Å². The summed E-state index contributed by atoms with van der Waals surface area (Å²) in [6.07, 6.45) is 0.241. The monoisotopic (exact) mass is 271 g/mol. The second-order valence-electron chi connectivity index (χ2n) is 5.73. The third-order valence-electron chi connectivity index (χ3n) is 2.59. The van der Waals surface area contributed by atoms with Gasteiger partial charge in [-0.2, -0.15) is 0 Å². The van der Waals surface area contributed by atoms with Crippen LogP contribution in [-0.4, -0.2) is 28.8 Å². The van der Waals surface area contributed by atoms with Crippen molar-refractivity contribution >= 4 is 11.5 Å². The van der Waals surface area contributed by atoms with Gasteiger partial charge < -0.3 is 10.1 Å². The Kier molecular flexibility index (Phi) is 5.69. The first-order valence-corrected chi connectivity index (χ1v) is 7.31. The van der Waals surface area contributed by atoms with Crippen molar-refractivity contribution in [1.82, 2.24) is 14.9 Å². The maximum absolute atomic E-state index is 5.74. The summed E-state index contributed by atoms with van der Waals surface area (Å²) in [4.78, 5) is 1.20. The highest BCUT2D eigenvalue weighted by Crippen LogP contribution is 2.30. The summed E-state index contributed by atoms with van der Waals surface area (Å²) in [6.45, 7) is 14.3. The molecule has 1 unspecified atom stereocenters. The van der Waals surface area contributed by atoms with Crippen molar-refractivity contribution < 1.29 is 4.74 Å². The first-order valence-electron chi connectivity index (χ1n) is 6.54. The number of hydrogen-bond donors (Lipinski definition) is 1. The fourth-order valence-corrected chi connectivity index (χ4v) is 2.63. The smallest absolute Gasteiger partial charge is 0.0857 e. The number of rotatable bonds is 6. The lowest BCUT2D eigenvalue weighted by Gasteiger charge is -2.23. The minimum Gasteiger partial charge on any atom is -0.377 e. The van der Waals surface area contributed by atoms with Gasteiger partial charge >= 0.3 is 0 Å². The van der Waals surface area contributed by atoms with Gasteiger partial charge in [-0.25, -0.2) is 0 Å². The van der Waals surface area contributed by atoms with Gasteiger partial charge in [0.25, 0.3) is 0 Å². The van der Waals surface area contributed by atoms with E-state index in [4.69, 9.17) is 4.74 Å². The molecular weight excluding hydrogens is 246 g/mol. The lowest BCUT2D eigenvalue weighted by molar-refractivity contribution is 0.0617. The predicted octanol–water partition coefficient (Wildman–Crippen LogP) is 2.91. The average Bonchev–Trinajstić information content (AvgIpc) is 2.72. The third-order valence-corrected chi connectivity index (χ3v) is 3.42. The van der Waals surface area contributed by atoms with Gasteiger partial charge in [0, 0.05) is 5.41 Å². The first kappa shape index (κ1) is 15.5. The van der Waals surface area contributed by atoms with E-state index in [9.17, 15) is 0 Å². The molecule has 1 N–H and O–H groups in total. The molecule has 0 amide bonds. The van der Waals surface area contributed by atoms with Crippen LogP contribution in [0.25, 0.3) is 0 Å². The summed E-state index contributed by atoms with van der Waals surface area (Å²) in [5, 5.41) is 7.75. The Morgan fingerprint density at radius 2 is 2.00 bits per heavy atom. The van der Waals surface area contributed by atoms with Crippen LogP contribution < -0.4 is 5.32 Å². The maximum Gasteiger partial charge on any atom is 0.0857 e. The lowest BCUT2D eigenvalue weighted by atomic mass is 9.90. The van der Waals surface area contributed by atoms with Crippen LogP contribution in [0.1, 0.15) is 58.2 Å². The van der Waals surface area contributed by atoms with Crippen LogP contribution >= 0.6 is 11.5 Å². The van der Waals surface area contributed by atoms with E-state index in [2.05, 4.69) is 56.4 Å². The van der Waals surface area contributed by atoms with Crippen LogP contribution in [0.5, 0.6) is 0 Å². The molecule has 0 saturated heterocycles. The van der Waals surface area contributed by atoms with Gasteiger partial charge in [-0.15, -0.1) is 5.10 Å². The maximum atomic E-state index is 5.74. The molecule has 5 heteroatoms. The molecule has 0 aromatic carbocycles. The Bertz CT molecular complexity index is 357. The topological polar surface area (TPSA) is 47.0 Å². The second-order valence-corrected chi connectivity index (χ2v) is 6.51. The van der Waals surface area contributed by atoms with E-state index in [0.29, 0.717) is 6.61 Å². The Morgan fingerprint density at radius 3 is 2.50 bits per heavy atom. The van der Waals surface area contributed by atoms with Gasteiger partial charge in [0.1, 0.15) is 0 Å². The molecule has 0 aliphatic heterocycles. The predicted molar refractivity (Wildman–Crippen MR) is 76.1 cm³/mol. The molecule has 1 heterocycles. The van der Waals surface area contributed by atoms with E-state index in [0.717, 1.165) is 12.2 Å². The average molecular weight is 271 g/mol. The van der Waals surface area contributed by atoms with Crippen molar-refractivity contribution in [1.29, 1.82) is 0 Å². The SMILES string of the molecule is CCNC(COC(C)C)c1snnc1C(C)(C)C. The Hall–Kier alpha value is -0.520. The molecule has 0 aliphatic carbocycles. The van der Waals surface area contributed by atoms with Crippen molar-refractivity contribution in [3.8, 4) is 0 Å². The molecule has 1 aromatic heterocycles. The van der Waals surface area contributed by atoms with E-state index in [-0.39, 0.29) is 17.6 Å². The fourth-order valence-electron chi connectivity index (χ4n) is 1.71. The number of hydrogen-bond acceptors (Lipinski definition) is 5. The molecule has 0 fully saturated rings. The van der Waals surface area contributed by atoms with Gasteiger partial charge in [0.15, 0.2) is 0 Å². The van der Waals surface area contributed by atoms with Gasteiger partial charge in [0.2, 0.25) is 0 Å². The zero-order valence-corrected chi connectivity index (χ0v) is 13.1. The minimum absolute atomic E-state index is 0.0217. The van der Waals surface area contributed by atoms with Gasteiger partial charge in [-0.05, 0) is 31.9 Å². The van der Waals surface area contributed by atoms with Crippen LogP contribution in [0.4, 0.5) is 0 Å². The van der Waals surface area contributed by atoms with Gasteiger partial charge in [-0.3, -0.25) is 0 Å². The van der Waals surface area contributed by atoms with E-state index >= 15 is 0 Å². The highest BCUT2D eigenvalue weighted by atomic mass is 32.1. The summed E-state index contributed by atoms with van der Waals surface area (Å²) in [5.74, 6) is 0. The highest BCUT2D eigenvalue weighted by Gasteiger charge is 2.27. The first-order chi connectivity index (χ1) is 8.36. The number of aromatic nitrogens is 2. The molecule has 18 heavy (non-hydrogen) atoms. The molecule has 0 radical (unpaired) electrons. The van der Waals surface area contributed by atoms with Crippen LogP contribution in [0.15, 0.2) is 0 Å². The van der Waals surface area contributed by atoms with Crippen LogP contribution in [-0.2, 0) is 10.2 Å². The number of ether oxygens (including phenoxy) is 1. The summed E-state index contributed by atoms with van der Waals surface area (Å²) in [6, 6.07) is 0.187. The Balaban J connectivity index is 2.88.